The third kappa shape index (κ3) is 2.18. The molecule has 2 N–H and O–H groups in total. The number of rotatable bonds is 1. The highest BCUT2D eigenvalue weighted by Crippen LogP contribution is 2.21. The molecule has 0 aliphatic carbocycles. The van der Waals surface area contributed by atoms with E-state index in [1.54, 1.807) is 17.2 Å². The molecule has 0 bridgehead atoms. The standard InChI is InChI=1S/C10H15N3O2/c1-10(15)3-6-13(7-4-10)9(14)8-2-5-11-12-8/h2,5,15H,3-4,6-7H2,1H3,(H,11,12). The van der Waals surface area contributed by atoms with E-state index in [4.69, 9.17) is 0 Å². The Labute approximate surface area is 88.1 Å². The second kappa shape index (κ2) is 3.66. The van der Waals surface area contributed by atoms with E-state index in [0.717, 1.165) is 0 Å². The molecule has 82 valence electrons. The average Bonchev–Trinajstić information content (AvgIpc) is 2.69. The van der Waals surface area contributed by atoms with Gasteiger partial charge in [-0.05, 0) is 25.8 Å². The van der Waals surface area contributed by atoms with Gasteiger partial charge in [0.25, 0.3) is 5.91 Å². The number of amides is 1. The van der Waals surface area contributed by atoms with Gasteiger partial charge in [-0.15, -0.1) is 0 Å². The number of carbonyl (C=O) groups is 1. The van der Waals surface area contributed by atoms with Crippen LogP contribution < -0.4 is 0 Å². The third-order valence-corrected chi connectivity index (χ3v) is 2.86. The van der Waals surface area contributed by atoms with E-state index in [-0.39, 0.29) is 5.91 Å². The van der Waals surface area contributed by atoms with Crippen LogP contribution in [-0.2, 0) is 0 Å². The maximum Gasteiger partial charge on any atom is 0.271 e. The van der Waals surface area contributed by atoms with Crippen LogP contribution in [0.2, 0.25) is 0 Å². The predicted octanol–water partition coefficient (Wildman–Crippen LogP) is 0.397. The van der Waals surface area contributed by atoms with E-state index in [1.165, 1.54) is 0 Å². The van der Waals surface area contributed by atoms with Gasteiger partial charge < -0.3 is 10.0 Å². The Morgan fingerprint density at radius 3 is 2.80 bits per heavy atom. The Kier molecular flexibility index (Phi) is 2.48. The van der Waals surface area contributed by atoms with Crippen LogP contribution in [0.25, 0.3) is 0 Å². The minimum Gasteiger partial charge on any atom is -0.390 e. The van der Waals surface area contributed by atoms with Crippen molar-refractivity contribution in [1.82, 2.24) is 15.1 Å². The summed E-state index contributed by atoms with van der Waals surface area (Å²) in [6.07, 6.45) is 2.83. The Balaban J connectivity index is 2.00. The minimum absolute atomic E-state index is 0.0389. The summed E-state index contributed by atoms with van der Waals surface area (Å²) in [6, 6.07) is 1.66. The van der Waals surface area contributed by atoms with Gasteiger partial charge in [0, 0.05) is 19.3 Å². The third-order valence-electron chi connectivity index (χ3n) is 2.86. The molecule has 5 nitrogen and oxygen atoms in total. The molecule has 0 unspecified atom stereocenters. The lowest BCUT2D eigenvalue weighted by Gasteiger charge is -2.35. The Bertz CT molecular complexity index is 336. The molecular formula is C10H15N3O2. The van der Waals surface area contributed by atoms with Crippen LogP contribution in [0.5, 0.6) is 0 Å². The number of piperidine rings is 1. The van der Waals surface area contributed by atoms with E-state index < -0.39 is 5.60 Å². The molecule has 1 aliphatic rings. The Morgan fingerprint density at radius 2 is 2.27 bits per heavy atom. The van der Waals surface area contributed by atoms with Crippen molar-refractivity contribution in [3.8, 4) is 0 Å². The molecule has 5 heteroatoms. The van der Waals surface area contributed by atoms with Gasteiger partial charge in [0.15, 0.2) is 0 Å². The molecule has 0 saturated carbocycles. The van der Waals surface area contributed by atoms with E-state index >= 15 is 0 Å². The molecule has 2 rings (SSSR count). The van der Waals surface area contributed by atoms with Crippen LogP contribution in [0, 0.1) is 0 Å². The normalized spacial score (nSPS) is 20.3. The lowest BCUT2D eigenvalue weighted by molar-refractivity contribution is -0.00219. The van der Waals surface area contributed by atoms with Crippen molar-refractivity contribution in [2.75, 3.05) is 13.1 Å². The van der Waals surface area contributed by atoms with Gasteiger partial charge in [-0.25, -0.2) is 0 Å². The van der Waals surface area contributed by atoms with Crippen molar-refractivity contribution < 1.29 is 9.90 Å². The molecule has 1 aromatic rings. The smallest absolute Gasteiger partial charge is 0.271 e. The summed E-state index contributed by atoms with van der Waals surface area (Å²) in [5.41, 5.74) is -0.110. The first-order chi connectivity index (χ1) is 7.08. The molecule has 0 radical (unpaired) electrons. The molecule has 1 saturated heterocycles. The van der Waals surface area contributed by atoms with E-state index in [0.29, 0.717) is 31.6 Å². The monoisotopic (exact) mass is 209 g/mol. The fourth-order valence-corrected chi connectivity index (χ4v) is 1.74. The second-order valence-corrected chi connectivity index (χ2v) is 4.26. The summed E-state index contributed by atoms with van der Waals surface area (Å²) in [6.45, 7) is 3.01. The van der Waals surface area contributed by atoms with Crippen LogP contribution >= 0.6 is 0 Å². The summed E-state index contributed by atoms with van der Waals surface area (Å²) in [4.78, 5) is 13.6. The summed E-state index contributed by atoms with van der Waals surface area (Å²) >= 11 is 0. The second-order valence-electron chi connectivity index (χ2n) is 4.26. The molecule has 1 fully saturated rings. The van der Waals surface area contributed by atoms with Crippen molar-refractivity contribution in [1.29, 1.82) is 0 Å². The van der Waals surface area contributed by atoms with Gasteiger partial charge in [-0.3, -0.25) is 9.89 Å². The highest BCUT2D eigenvalue weighted by molar-refractivity contribution is 5.92. The maximum atomic E-state index is 11.8. The number of likely N-dealkylation sites (tertiary alicyclic amines) is 1. The highest BCUT2D eigenvalue weighted by Gasteiger charge is 2.30. The SMILES string of the molecule is CC1(O)CCN(C(=O)c2ccn[nH]2)CC1. The van der Waals surface area contributed by atoms with Crippen LogP contribution in [0.4, 0.5) is 0 Å². The van der Waals surface area contributed by atoms with E-state index in [1.807, 2.05) is 6.92 Å². The number of carbonyl (C=O) groups excluding carboxylic acids is 1. The predicted molar refractivity (Wildman–Crippen MR) is 54.3 cm³/mol. The molecule has 2 heterocycles. The van der Waals surface area contributed by atoms with Gasteiger partial charge in [0.1, 0.15) is 5.69 Å². The minimum atomic E-state index is -0.620. The molecular weight excluding hydrogens is 194 g/mol. The van der Waals surface area contributed by atoms with Crippen molar-refractivity contribution in [3.05, 3.63) is 18.0 Å². The molecule has 1 aromatic heterocycles. The largest absolute Gasteiger partial charge is 0.390 e. The fourth-order valence-electron chi connectivity index (χ4n) is 1.74. The summed E-state index contributed by atoms with van der Waals surface area (Å²) in [5.74, 6) is -0.0389. The molecule has 0 atom stereocenters. The number of nitrogens with one attached hydrogen (secondary N) is 1. The summed E-state index contributed by atoms with van der Waals surface area (Å²) < 4.78 is 0. The zero-order valence-corrected chi connectivity index (χ0v) is 8.73. The van der Waals surface area contributed by atoms with Gasteiger partial charge in [-0.1, -0.05) is 0 Å². The van der Waals surface area contributed by atoms with Crippen LogP contribution in [0.1, 0.15) is 30.3 Å². The van der Waals surface area contributed by atoms with Crippen LogP contribution in [0.15, 0.2) is 12.3 Å². The quantitative estimate of drug-likeness (QED) is 0.703. The van der Waals surface area contributed by atoms with Gasteiger partial charge in [0.2, 0.25) is 0 Å². The van der Waals surface area contributed by atoms with E-state index in [9.17, 15) is 9.90 Å². The molecule has 1 amide bonds. The van der Waals surface area contributed by atoms with Crippen molar-refractivity contribution in [2.45, 2.75) is 25.4 Å². The molecule has 1 aliphatic heterocycles. The highest BCUT2D eigenvalue weighted by atomic mass is 16.3. The number of hydrogen-bond acceptors (Lipinski definition) is 3. The number of aromatic nitrogens is 2. The van der Waals surface area contributed by atoms with Gasteiger partial charge >= 0.3 is 0 Å². The number of hydrogen-bond donors (Lipinski definition) is 2. The summed E-state index contributed by atoms with van der Waals surface area (Å²) in [5, 5.41) is 16.1. The van der Waals surface area contributed by atoms with Crippen molar-refractivity contribution in [3.63, 3.8) is 0 Å². The first-order valence-corrected chi connectivity index (χ1v) is 5.09. The number of nitrogens with zero attached hydrogens (tertiary/aromatic N) is 2. The molecule has 0 spiro atoms. The van der Waals surface area contributed by atoms with Gasteiger partial charge in [-0.2, -0.15) is 5.10 Å². The topological polar surface area (TPSA) is 69.2 Å². The van der Waals surface area contributed by atoms with Crippen LogP contribution in [-0.4, -0.2) is 44.8 Å². The lowest BCUT2D eigenvalue weighted by Crippen LogP contribution is -2.45. The number of aromatic amines is 1. The first-order valence-electron chi connectivity index (χ1n) is 5.09. The molecule has 15 heavy (non-hydrogen) atoms. The average molecular weight is 209 g/mol. The van der Waals surface area contributed by atoms with Crippen molar-refractivity contribution in [2.24, 2.45) is 0 Å². The summed E-state index contributed by atoms with van der Waals surface area (Å²) in [7, 11) is 0. The fraction of sp³-hybridized carbons (Fsp3) is 0.600. The zero-order chi connectivity index (χ0) is 10.9. The first kappa shape index (κ1) is 10.2. The number of aliphatic hydroxyl groups is 1. The van der Waals surface area contributed by atoms with Crippen molar-refractivity contribution >= 4 is 5.91 Å². The van der Waals surface area contributed by atoms with Gasteiger partial charge in [0.05, 0.1) is 5.60 Å². The lowest BCUT2D eigenvalue weighted by atomic mass is 9.94. The number of H-pyrrole nitrogens is 1. The molecule has 0 aromatic carbocycles. The zero-order valence-electron chi connectivity index (χ0n) is 8.73. The van der Waals surface area contributed by atoms with Crippen LogP contribution in [0.3, 0.4) is 0 Å². The Morgan fingerprint density at radius 1 is 1.60 bits per heavy atom. The maximum absolute atomic E-state index is 11.8. The Hall–Kier alpha value is -1.36. The van der Waals surface area contributed by atoms with E-state index in [2.05, 4.69) is 10.2 Å².